The summed E-state index contributed by atoms with van der Waals surface area (Å²) in [4.78, 5) is 44.3. The fraction of sp³-hybridized carbons (Fsp3) is 0.258. The average Bonchev–Trinajstić information content (AvgIpc) is 3.44. The Hall–Kier alpha value is -4.59. The third-order valence-corrected chi connectivity index (χ3v) is 8.21. The number of carbonyl (C=O) groups excluding carboxylic acids is 3. The van der Waals surface area contributed by atoms with Crippen molar-refractivity contribution in [2.45, 2.75) is 24.4 Å². The molecule has 8 nitrogen and oxygen atoms in total. The zero-order valence-corrected chi connectivity index (χ0v) is 22.1. The van der Waals surface area contributed by atoms with Crippen LogP contribution in [0.3, 0.4) is 0 Å². The van der Waals surface area contributed by atoms with Gasteiger partial charge >= 0.3 is 0 Å². The van der Waals surface area contributed by atoms with E-state index in [0.29, 0.717) is 34.1 Å². The number of carbonyl (C=O) groups is 3. The number of rotatable bonds is 6. The second-order valence-corrected chi connectivity index (χ2v) is 9.97. The van der Waals surface area contributed by atoms with E-state index in [0.717, 1.165) is 11.3 Å². The number of Topliss-reactive ketones (excluding diaryl/α,β-unsaturated/α-hetero) is 2. The van der Waals surface area contributed by atoms with Crippen LogP contribution in [0.1, 0.15) is 28.4 Å². The quantitative estimate of drug-likeness (QED) is 0.481. The molecule has 3 aromatic rings. The van der Waals surface area contributed by atoms with Crippen molar-refractivity contribution in [3.05, 3.63) is 83.4 Å². The Kier molecular flexibility index (Phi) is 5.71. The molecule has 1 N–H and O–H groups in total. The topological polar surface area (TPSA) is 94.2 Å². The van der Waals surface area contributed by atoms with Gasteiger partial charge in [-0.1, -0.05) is 30.4 Å². The summed E-state index contributed by atoms with van der Waals surface area (Å²) in [6, 6.07) is 16.4. The summed E-state index contributed by atoms with van der Waals surface area (Å²) < 4.78 is 16.3. The lowest BCUT2D eigenvalue weighted by molar-refractivity contribution is -0.122. The highest BCUT2D eigenvalue weighted by Gasteiger charge is 2.69. The van der Waals surface area contributed by atoms with Gasteiger partial charge in [0.15, 0.2) is 23.1 Å². The fourth-order valence-corrected chi connectivity index (χ4v) is 6.61. The lowest BCUT2D eigenvalue weighted by atomic mass is 9.64. The van der Waals surface area contributed by atoms with Crippen molar-refractivity contribution in [1.82, 2.24) is 0 Å². The molecular formula is C31H28N2O6. The molecule has 3 aromatic carbocycles. The first-order valence-corrected chi connectivity index (χ1v) is 12.7. The second kappa shape index (κ2) is 9.01. The molecule has 3 aliphatic heterocycles. The Morgan fingerprint density at radius 1 is 0.923 bits per heavy atom. The van der Waals surface area contributed by atoms with Gasteiger partial charge in [-0.2, -0.15) is 0 Å². The van der Waals surface area contributed by atoms with Crippen LogP contribution in [-0.4, -0.2) is 50.9 Å². The van der Waals surface area contributed by atoms with E-state index in [9.17, 15) is 14.4 Å². The van der Waals surface area contributed by atoms with Gasteiger partial charge in [0, 0.05) is 22.5 Å². The molecule has 0 aliphatic carbocycles. The minimum absolute atomic E-state index is 0.204. The van der Waals surface area contributed by atoms with E-state index in [-0.39, 0.29) is 17.5 Å². The number of nitrogens with zero attached hydrogens (tertiary/aromatic N) is 1. The summed E-state index contributed by atoms with van der Waals surface area (Å²) in [5.74, 6) is -0.299. The molecule has 0 saturated carbocycles. The average molecular weight is 525 g/mol. The summed E-state index contributed by atoms with van der Waals surface area (Å²) in [5.41, 5.74) is 1.95. The number of fused-ring (bicyclic) bond motifs is 6. The predicted octanol–water partition coefficient (Wildman–Crippen LogP) is 4.27. The van der Waals surface area contributed by atoms with Crippen LogP contribution in [0.25, 0.3) is 6.08 Å². The molecule has 3 heterocycles. The van der Waals surface area contributed by atoms with E-state index in [1.54, 1.807) is 25.3 Å². The number of amides is 1. The number of benzene rings is 3. The van der Waals surface area contributed by atoms with E-state index in [1.165, 1.54) is 21.1 Å². The van der Waals surface area contributed by atoms with Crippen LogP contribution in [0.2, 0.25) is 0 Å². The van der Waals surface area contributed by atoms with Gasteiger partial charge < -0.3 is 24.4 Å². The van der Waals surface area contributed by atoms with E-state index in [2.05, 4.69) is 5.32 Å². The number of hydrogen-bond acceptors (Lipinski definition) is 7. The van der Waals surface area contributed by atoms with E-state index in [4.69, 9.17) is 14.2 Å². The number of hydrogen-bond donors (Lipinski definition) is 1. The molecule has 4 atom stereocenters. The van der Waals surface area contributed by atoms with Crippen molar-refractivity contribution < 1.29 is 28.6 Å². The van der Waals surface area contributed by atoms with Crippen LogP contribution in [0.5, 0.6) is 17.2 Å². The maximum atomic E-state index is 14.6. The summed E-state index contributed by atoms with van der Waals surface area (Å²) in [7, 11) is 4.62. The first kappa shape index (κ1) is 24.7. The fourth-order valence-electron chi connectivity index (χ4n) is 6.61. The van der Waals surface area contributed by atoms with Crippen molar-refractivity contribution in [3.63, 3.8) is 0 Å². The minimum Gasteiger partial charge on any atom is -0.497 e. The molecule has 39 heavy (non-hydrogen) atoms. The number of anilines is 2. The highest BCUT2D eigenvalue weighted by atomic mass is 16.5. The lowest BCUT2D eigenvalue weighted by Crippen LogP contribution is -2.51. The molecule has 0 aromatic heterocycles. The second-order valence-electron chi connectivity index (χ2n) is 9.97. The van der Waals surface area contributed by atoms with Crippen molar-refractivity contribution in [2.24, 2.45) is 5.92 Å². The Morgan fingerprint density at radius 3 is 2.41 bits per heavy atom. The maximum Gasteiger partial charge on any atom is 0.238 e. The van der Waals surface area contributed by atoms with Gasteiger partial charge in [0.25, 0.3) is 0 Å². The number of para-hydroxylation sites is 1. The van der Waals surface area contributed by atoms with Crippen molar-refractivity contribution in [2.75, 3.05) is 31.5 Å². The van der Waals surface area contributed by atoms with Gasteiger partial charge in [-0.05, 0) is 55.0 Å². The number of methoxy groups -OCH3 is 3. The lowest BCUT2D eigenvalue weighted by Gasteiger charge is -2.37. The first-order valence-electron chi connectivity index (χ1n) is 12.7. The van der Waals surface area contributed by atoms with E-state index in [1.807, 2.05) is 59.5 Å². The molecule has 1 fully saturated rings. The standard InChI is InChI=1S/C31H28N2O6/c1-17(34)28-27(29(35)19-9-13-24(38-3)25(16-19)39-4)31(21-7-5-6-8-22(21)32-30(31)36)26-14-10-18-15-20(37-2)11-12-23(18)33(26)28/h5-16,26-28H,1-4H3,(H,32,36)/t26-,27+,28+,31+/m0/s1. The Morgan fingerprint density at radius 2 is 1.69 bits per heavy atom. The molecule has 0 bridgehead atoms. The molecule has 8 heteroatoms. The SMILES string of the molecule is COc1ccc2c(c1)C=C[C@@H]1N2[C@H](C(C)=O)[C@H](C(=O)c2ccc(OC)c(OC)c2)[C@]12C(=O)Nc1ccccc12. The predicted molar refractivity (Wildman–Crippen MR) is 147 cm³/mol. The zero-order valence-electron chi connectivity index (χ0n) is 22.1. The van der Waals surface area contributed by atoms with Gasteiger partial charge in [0.2, 0.25) is 5.91 Å². The van der Waals surface area contributed by atoms with Gasteiger partial charge in [-0.3, -0.25) is 14.4 Å². The smallest absolute Gasteiger partial charge is 0.238 e. The molecule has 6 rings (SSSR count). The molecule has 198 valence electrons. The molecule has 3 aliphatic rings. The van der Waals surface area contributed by atoms with Crippen LogP contribution >= 0.6 is 0 Å². The number of ketones is 2. The number of ether oxygens (including phenoxy) is 3. The van der Waals surface area contributed by atoms with Gasteiger partial charge in [-0.15, -0.1) is 0 Å². The van der Waals surface area contributed by atoms with Crippen molar-refractivity contribution in [3.8, 4) is 17.2 Å². The molecule has 1 amide bonds. The maximum absolute atomic E-state index is 14.6. The van der Waals surface area contributed by atoms with E-state index < -0.39 is 23.4 Å². The third kappa shape index (κ3) is 3.34. The summed E-state index contributed by atoms with van der Waals surface area (Å²) in [6.45, 7) is 1.48. The molecule has 0 radical (unpaired) electrons. The first-order chi connectivity index (χ1) is 18.9. The van der Waals surface area contributed by atoms with Crippen molar-refractivity contribution in [1.29, 1.82) is 0 Å². The molecule has 1 saturated heterocycles. The van der Waals surface area contributed by atoms with Gasteiger partial charge in [-0.25, -0.2) is 0 Å². The van der Waals surface area contributed by atoms with Crippen LogP contribution < -0.4 is 24.4 Å². The normalized spacial score (nSPS) is 24.1. The largest absolute Gasteiger partial charge is 0.497 e. The monoisotopic (exact) mass is 524 g/mol. The molecular weight excluding hydrogens is 496 g/mol. The van der Waals surface area contributed by atoms with Crippen LogP contribution in [0, 0.1) is 5.92 Å². The Bertz CT molecular complexity index is 1560. The molecule has 0 unspecified atom stereocenters. The van der Waals surface area contributed by atoms with Crippen LogP contribution in [0.15, 0.2) is 66.7 Å². The highest BCUT2D eigenvalue weighted by molar-refractivity contribution is 6.16. The van der Waals surface area contributed by atoms with Crippen LogP contribution in [-0.2, 0) is 15.0 Å². The molecule has 1 spiro atoms. The zero-order chi connectivity index (χ0) is 27.5. The minimum atomic E-state index is -1.34. The van der Waals surface area contributed by atoms with Crippen molar-refractivity contribution >= 4 is 34.9 Å². The Balaban J connectivity index is 1.62. The summed E-state index contributed by atoms with van der Waals surface area (Å²) in [5, 5.41) is 3.01. The van der Waals surface area contributed by atoms with Gasteiger partial charge in [0.1, 0.15) is 11.2 Å². The van der Waals surface area contributed by atoms with E-state index >= 15 is 0 Å². The highest BCUT2D eigenvalue weighted by Crippen LogP contribution is 2.58. The summed E-state index contributed by atoms with van der Waals surface area (Å²) in [6.07, 6.45) is 3.87. The van der Waals surface area contributed by atoms with Crippen LogP contribution in [0.4, 0.5) is 11.4 Å². The Labute approximate surface area is 226 Å². The number of nitrogens with one attached hydrogen (secondary N) is 1. The third-order valence-electron chi connectivity index (χ3n) is 8.21. The summed E-state index contributed by atoms with van der Waals surface area (Å²) >= 11 is 0. The van der Waals surface area contributed by atoms with Gasteiger partial charge in [0.05, 0.1) is 39.3 Å².